The molecule has 1 aromatic carbocycles. The molecule has 0 bridgehead atoms. The van der Waals surface area contributed by atoms with E-state index in [9.17, 15) is 9.18 Å². The van der Waals surface area contributed by atoms with Crippen molar-refractivity contribution >= 4 is 5.91 Å². The molecule has 0 aliphatic carbocycles. The summed E-state index contributed by atoms with van der Waals surface area (Å²) in [5.74, 6) is -0.0889. The molecule has 1 aliphatic rings. The molecule has 2 heterocycles. The van der Waals surface area contributed by atoms with Gasteiger partial charge < -0.3 is 4.90 Å². The first kappa shape index (κ1) is 14.8. The molecule has 1 aliphatic heterocycles. The predicted molar refractivity (Wildman–Crippen MR) is 81.6 cm³/mol. The van der Waals surface area contributed by atoms with E-state index < -0.39 is 0 Å². The molecule has 1 aromatic heterocycles. The highest BCUT2D eigenvalue weighted by molar-refractivity contribution is 5.77. The van der Waals surface area contributed by atoms with Crippen LogP contribution in [0.25, 0.3) is 0 Å². The van der Waals surface area contributed by atoms with Crippen molar-refractivity contribution in [3.63, 3.8) is 0 Å². The van der Waals surface area contributed by atoms with Crippen LogP contribution in [0.5, 0.6) is 0 Å². The number of aromatic amines is 1. The topological polar surface area (TPSA) is 49.0 Å². The summed E-state index contributed by atoms with van der Waals surface area (Å²) in [6.45, 7) is 0.798. The minimum Gasteiger partial charge on any atom is -0.334 e. The molecular formula is C17H20FN3O. The molecule has 116 valence electrons. The number of hydrogen-bond acceptors (Lipinski definition) is 2. The fourth-order valence-electron chi connectivity index (χ4n) is 3.05. The third-order valence-electron chi connectivity index (χ3n) is 4.25. The van der Waals surface area contributed by atoms with E-state index in [0.29, 0.717) is 12.8 Å². The van der Waals surface area contributed by atoms with Crippen molar-refractivity contribution in [2.45, 2.75) is 38.1 Å². The molecule has 22 heavy (non-hydrogen) atoms. The van der Waals surface area contributed by atoms with Crippen LogP contribution in [-0.2, 0) is 11.2 Å². The maximum absolute atomic E-state index is 12.9. The third kappa shape index (κ3) is 3.35. The number of amides is 1. The predicted octanol–water partition coefficient (Wildman–Crippen LogP) is 3.24. The molecule has 1 amide bonds. The summed E-state index contributed by atoms with van der Waals surface area (Å²) in [6, 6.07) is 8.41. The van der Waals surface area contributed by atoms with Crippen molar-refractivity contribution in [3.05, 3.63) is 53.6 Å². The molecule has 5 heteroatoms. The molecule has 2 aromatic rings. The van der Waals surface area contributed by atoms with Gasteiger partial charge in [-0.15, -0.1) is 0 Å². The van der Waals surface area contributed by atoms with E-state index in [2.05, 4.69) is 10.2 Å². The van der Waals surface area contributed by atoms with E-state index in [4.69, 9.17) is 0 Å². The van der Waals surface area contributed by atoms with E-state index >= 15 is 0 Å². The summed E-state index contributed by atoms with van der Waals surface area (Å²) in [6.07, 6.45) is 5.98. The Hall–Kier alpha value is -2.17. The second-order valence-electron chi connectivity index (χ2n) is 5.74. The molecule has 1 fully saturated rings. The number of hydrogen-bond donors (Lipinski definition) is 1. The smallest absolute Gasteiger partial charge is 0.223 e. The fraction of sp³-hybridized carbons (Fsp3) is 0.412. The van der Waals surface area contributed by atoms with Crippen LogP contribution in [-0.4, -0.2) is 27.5 Å². The highest BCUT2D eigenvalue weighted by Crippen LogP contribution is 2.30. The van der Waals surface area contributed by atoms with Crippen LogP contribution < -0.4 is 0 Å². The number of aromatic nitrogens is 2. The van der Waals surface area contributed by atoms with Gasteiger partial charge in [0, 0.05) is 19.2 Å². The number of aryl methyl sites for hydroxylation is 1. The van der Waals surface area contributed by atoms with Gasteiger partial charge in [0.1, 0.15) is 5.82 Å². The van der Waals surface area contributed by atoms with Crippen molar-refractivity contribution in [2.75, 3.05) is 6.54 Å². The van der Waals surface area contributed by atoms with Gasteiger partial charge in [-0.25, -0.2) is 4.39 Å². The Bertz CT molecular complexity index is 609. The number of piperidine rings is 1. The van der Waals surface area contributed by atoms with Gasteiger partial charge >= 0.3 is 0 Å². The van der Waals surface area contributed by atoms with Gasteiger partial charge in [-0.05, 0) is 49.4 Å². The normalized spacial score (nSPS) is 18.4. The molecule has 0 saturated carbocycles. The summed E-state index contributed by atoms with van der Waals surface area (Å²) in [5.41, 5.74) is 2.00. The number of rotatable bonds is 4. The highest BCUT2D eigenvalue weighted by atomic mass is 19.1. The first-order valence-electron chi connectivity index (χ1n) is 7.77. The van der Waals surface area contributed by atoms with Crippen LogP contribution >= 0.6 is 0 Å². The quantitative estimate of drug-likeness (QED) is 0.942. The van der Waals surface area contributed by atoms with Crippen molar-refractivity contribution in [2.24, 2.45) is 0 Å². The van der Waals surface area contributed by atoms with E-state index in [1.807, 2.05) is 11.0 Å². The van der Waals surface area contributed by atoms with Gasteiger partial charge in [0.05, 0.1) is 11.7 Å². The van der Waals surface area contributed by atoms with Crippen molar-refractivity contribution in [1.29, 1.82) is 0 Å². The Morgan fingerprint density at radius 1 is 1.27 bits per heavy atom. The zero-order chi connectivity index (χ0) is 15.4. The maximum Gasteiger partial charge on any atom is 0.223 e. The second kappa shape index (κ2) is 6.73. The largest absolute Gasteiger partial charge is 0.334 e. The number of nitrogens with one attached hydrogen (secondary N) is 1. The van der Waals surface area contributed by atoms with E-state index in [0.717, 1.165) is 37.1 Å². The summed E-state index contributed by atoms with van der Waals surface area (Å²) in [5, 5.41) is 6.98. The Labute approximate surface area is 129 Å². The average molecular weight is 301 g/mol. The van der Waals surface area contributed by atoms with Gasteiger partial charge in [0.25, 0.3) is 0 Å². The lowest BCUT2D eigenvalue weighted by molar-refractivity contribution is -0.135. The van der Waals surface area contributed by atoms with E-state index in [1.165, 1.54) is 12.1 Å². The monoisotopic (exact) mass is 301 g/mol. The third-order valence-corrected chi connectivity index (χ3v) is 4.25. The average Bonchev–Trinajstić information content (AvgIpc) is 3.08. The summed E-state index contributed by atoms with van der Waals surface area (Å²) < 4.78 is 12.9. The van der Waals surface area contributed by atoms with Crippen molar-refractivity contribution < 1.29 is 9.18 Å². The lowest BCUT2D eigenvalue weighted by atomic mass is 9.98. The van der Waals surface area contributed by atoms with Crippen molar-refractivity contribution in [1.82, 2.24) is 15.1 Å². The summed E-state index contributed by atoms with van der Waals surface area (Å²) in [7, 11) is 0. The number of likely N-dealkylation sites (tertiary alicyclic amines) is 1. The molecular weight excluding hydrogens is 281 g/mol. The number of carbonyl (C=O) groups is 1. The molecule has 3 rings (SSSR count). The number of H-pyrrole nitrogens is 1. The molecule has 0 radical (unpaired) electrons. The Balaban J connectivity index is 1.63. The minimum absolute atomic E-state index is 0.108. The fourth-order valence-corrected chi connectivity index (χ4v) is 3.05. The van der Waals surface area contributed by atoms with Gasteiger partial charge in [0.2, 0.25) is 5.91 Å². The first-order valence-corrected chi connectivity index (χ1v) is 7.77. The second-order valence-corrected chi connectivity index (χ2v) is 5.74. The van der Waals surface area contributed by atoms with Crippen LogP contribution in [0.2, 0.25) is 0 Å². The van der Waals surface area contributed by atoms with E-state index in [-0.39, 0.29) is 17.8 Å². The molecule has 1 saturated heterocycles. The van der Waals surface area contributed by atoms with Crippen LogP contribution in [0.1, 0.15) is 43.0 Å². The standard InChI is InChI=1S/C17H20FN3O/c18-14-7-4-13(5-8-14)6-9-17(22)21-12-2-1-3-16(21)15-10-11-19-20-15/h4-5,7-8,10-11,16H,1-3,6,9,12H2,(H,19,20). The zero-order valence-electron chi connectivity index (χ0n) is 12.5. The SMILES string of the molecule is O=C(CCc1ccc(F)cc1)N1CCCCC1c1ccn[nH]1. The molecule has 4 nitrogen and oxygen atoms in total. The Kier molecular flexibility index (Phi) is 4.51. The van der Waals surface area contributed by atoms with E-state index in [1.54, 1.807) is 18.3 Å². The highest BCUT2D eigenvalue weighted by Gasteiger charge is 2.28. The Morgan fingerprint density at radius 2 is 2.09 bits per heavy atom. The summed E-state index contributed by atoms with van der Waals surface area (Å²) >= 11 is 0. The van der Waals surface area contributed by atoms with Crippen LogP contribution in [0.4, 0.5) is 4.39 Å². The lowest BCUT2D eigenvalue weighted by Crippen LogP contribution is -2.38. The number of benzene rings is 1. The first-order chi connectivity index (χ1) is 10.7. The number of halogens is 1. The van der Waals surface area contributed by atoms with Crippen LogP contribution in [0, 0.1) is 5.82 Å². The zero-order valence-corrected chi connectivity index (χ0v) is 12.5. The van der Waals surface area contributed by atoms with Crippen molar-refractivity contribution in [3.8, 4) is 0 Å². The van der Waals surface area contributed by atoms with Gasteiger partial charge in [-0.3, -0.25) is 9.89 Å². The van der Waals surface area contributed by atoms with Crippen LogP contribution in [0.15, 0.2) is 36.5 Å². The van der Waals surface area contributed by atoms with Crippen LogP contribution in [0.3, 0.4) is 0 Å². The molecule has 1 N–H and O–H groups in total. The Morgan fingerprint density at radius 3 is 2.82 bits per heavy atom. The maximum atomic E-state index is 12.9. The lowest BCUT2D eigenvalue weighted by Gasteiger charge is -2.35. The molecule has 1 unspecified atom stereocenters. The van der Waals surface area contributed by atoms with Gasteiger partial charge in [0.15, 0.2) is 0 Å². The summed E-state index contributed by atoms with van der Waals surface area (Å²) in [4.78, 5) is 14.5. The molecule has 1 atom stereocenters. The van der Waals surface area contributed by atoms with Gasteiger partial charge in [-0.1, -0.05) is 12.1 Å². The minimum atomic E-state index is -0.245. The number of carbonyl (C=O) groups excluding carboxylic acids is 1. The number of nitrogens with zero attached hydrogens (tertiary/aromatic N) is 2. The van der Waals surface area contributed by atoms with Gasteiger partial charge in [-0.2, -0.15) is 5.10 Å². The molecule has 0 spiro atoms.